The second-order valence-corrected chi connectivity index (χ2v) is 10.5. The standard InChI is InChI=1S/C23H26N4O4S2/c1-18-7-8-20(15-21(18)33(29,30)27-11-13-31-14-12-27)25-22(28)17-32-23-24-9-10-26(23)16-19-5-3-2-4-6-19/h2-10,15H,11-14,16-17H2,1H3,(H,25,28). The minimum absolute atomic E-state index is 0.158. The predicted octanol–water partition coefficient (Wildman–Crippen LogP) is 2.99. The van der Waals surface area contributed by atoms with Crippen molar-refractivity contribution in [1.82, 2.24) is 13.9 Å². The second-order valence-electron chi connectivity index (χ2n) is 7.66. The summed E-state index contributed by atoms with van der Waals surface area (Å²) < 4.78 is 34.8. The van der Waals surface area contributed by atoms with Crippen LogP contribution in [0.1, 0.15) is 11.1 Å². The molecule has 0 unspecified atom stereocenters. The van der Waals surface area contributed by atoms with Gasteiger partial charge in [0.25, 0.3) is 0 Å². The third-order valence-electron chi connectivity index (χ3n) is 5.27. The van der Waals surface area contributed by atoms with E-state index in [4.69, 9.17) is 4.74 Å². The third kappa shape index (κ3) is 5.83. The molecule has 0 atom stereocenters. The van der Waals surface area contributed by atoms with Gasteiger partial charge >= 0.3 is 0 Å². The van der Waals surface area contributed by atoms with E-state index < -0.39 is 10.0 Å². The van der Waals surface area contributed by atoms with Crippen LogP contribution in [0.25, 0.3) is 0 Å². The van der Waals surface area contributed by atoms with Crippen molar-refractivity contribution in [2.45, 2.75) is 23.5 Å². The molecule has 0 spiro atoms. The van der Waals surface area contributed by atoms with Crippen LogP contribution in [0.3, 0.4) is 0 Å². The topological polar surface area (TPSA) is 93.5 Å². The Kier molecular flexibility index (Phi) is 7.49. The van der Waals surface area contributed by atoms with Crippen LogP contribution >= 0.6 is 11.8 Å². The van der Waals surface area contributed by atoms with Crippen molar-refractivity contribution < 1.29 is 17.9 Å². The smallest absolute Gasteiger partial charge is 0.243 e. The Morgan fingerprint density at radius 3 is 2.67 bits per heavy atom. The molecule has 4 rings (SSSR count). The van der Waals surface area contributed by atoms with E-state index >= 15 is 0 Å². The van der Waals surface area contributed by atoms with Crippen molar-refractivity contribution in [2.75, 3.05) is 37.4 Å². The maximum absolute atomic E-state index is 13.1. The molecule has 1 aliphatic rings. The summed E-state index contributed by atoms with van der Waals surface area (Å²) in [5, 5.41) is 3.56. The first-order valence-corrected chi connectivity index (χ1v) is 13.0. The quantitative estimate of drug-likeness (QED) is 0.492. The van der Waals surface area contributed by atoms with Crippen LogP contribution in [-0.2, 0) is 26.1 Å². The molecule has 1 amide bonds. The van der Waals surface area contributed by atoms with E-state index in [9.17, 15) is 13.2 Å². The van der Waals surface area contributed by atoms with Gasteiger partial charge in [-0.15, -0.1) is 0 Å². The lowest BCUT2D eigenvalue weighted by Crippen LogP contribution is -2.40. The van der Waals surface area contributed by atoms with Crippen LogP contribution in [0.5, 0.6) is 0 Å². The average Bonchev–Trinajstić information content (AvgIpc) is 3.27. The van der Waals surface area contributed by atoms with Gasteiger partial charge < -0.3 is 14.6 Å². The van der Waals surface area contributed by atoms with Gasteiger partial charge in [-0.2, -0.15) is 4.31 Å². The van der Waals surface area contributed by atoms with Crippen molar-refractivity contribution in [1.29, 1.82) is 0 Å². The Balaban J connectivity index is 1.40. The van der Waals surface area contributed by atoms with E-state index in [1.807, 2.05) is 41.1 Å². The van der Waals surface area contributed by atoms with E-state index in [0.717, 1.165) is 10.7 Å². The molecule has 0 radical (unpaired) electrons. The zero-order valence-corrected chi connectivity index (χ0v) is 19.9. The molecule has 0 saturated carbocycles. The van der Waals surface area contributed by atoms with Crippen LogP contribution in [-0.4, -0.2) is 60.2 Å². The predicted molar refractivity (Wildman–Crippen MR) is 128 cm³/mol. The van der Waals surface area contributed by atoms with Gasteiger partial charge in [0.1, 0.15) is 0 Å². The summed E-state index contributed by atoms with van der Waals surface area (Å²) in [6.45, 7) is 3.83. The largest absolute Gasteiger partial charge is 0.379 e. The van der Waals surface area contributed by atoms with Crippen LogP contribution in [0.2, 0.25) is 0 Å². The molecule has 1 fully saturated rings. The van der Waals surface area contributed by atoms with Crippen LogP contribution < -0.4 is 5.32 Å². The molecule has 33 heavy (non-hydrogen) atoms. The lowest BCUT2D eigenvalue weighted by molar-refractivity contribution is -0.113. The molecule has 10 heteroatoms. The maximum atomic E-state index is 13.1. The number of rotatable bonds is 8. The van der Waals surface area contributed by atoms with Gasteiger partial charge in [-0.1, -0.05) is 48.2 Å². The van der Waals surface area contributed by atoms with Crippen molar-refractivity contribution in [3.63, 3.8) is 0 Å². The number of ether oxygens (including phenoxy) is 1. The first-order chi connectivity index (χ1) is 15.9. The van der Waals surface area contributed by atoms with Crippen LogP contribution in [0, 0.1) is 6.92 Å². The van der Waals surface area contributed by atoms with Gasteiger partial charge in [0.2, 0.25) is 15.9 Å². The molecule has 1 aliphatic heterocycles. The number of nitrogens with zero attached hydrogens (tertiary/aromatic N) is 3. The summed E-state index contributed by atoms with van der Waals surface area (Å²) in [5.41, 5.74) is 2.23. The number of amides is 1. The third-order valence-corrected chi connectivity index (χ3v) is 8.31. The first-order valence-electron chi connectivity index (χ1n) is 10.6. The van der Waals surface area contributed by atoms with Gasteiger partial charge in [0, 0.05) is 37.7 Å². The molecule has 1 N–H and O–H groups in total. The summed E-state index contributed by atoms with van der Waals surface area (Å²) >= 11 is 1.34. The summed E-state index contributed by atoms with van der Waals surface area (Å²) in [6, 6.07) is 15.0. The highest BCUT2D eigenvalue weighted by Crippen LogP contribution is 2.25. The summed E-state index contributed by atoms with van der Waals surface area (Å²) in [6.07, 6.45) is 3.60. The molecular weight excluding hydrogens is 460 g/mol. The zero-order valence-electron chi connectivity index (χ0n) is 18.3. The summed E-state index contributed by atoms with van der Waals surface area (Å²) in [7, 11) is -3.65. The number of nitrogens with one attached hydrogen (secondary N) is 1. The number of hydrogen-bond donors (Lipinski definition) is 1. The van der Waals surface area contributed by atoms with Crippen molar-refractivity contribution in [3.8, 4) is 0 Å². The summed E-state index contributed by atoms with van der Waals surface area (Å²) in [4.78, 5) is 17.1. The monoisotopic (exact) mass is 486 g/mol. The Morgan fingerprint density at radius 2 is 1.91 bits per heavy atom. The molecule has 0 bridgehead atoms. The first kappa shape index (κ1) is 23.5. The molecule has 1 aromatic heterocycles. The fourth-order valence-electron chi connectivity index (χ4n) is 3.55. The molecule has 1 saturated heterocycles. The fourth-order valence-corrected chi connectivity index (χ4v) is 5.96. The zero-order chi connectivity index (χ0) is 23.3. The lowest BCUT2D eigenvalue weighted by Gasteiger charge is -2.26. The number of aromatic nitrogens is 2. The average molecular weight is 487 g/mol. The molecular formula is C23H26N4O4S2. The van der Waals surface area contributed by atoms with Gasteiger partial charge in [-0.25, -0.2) is 13.4 Å². The Labute approximate surface area is 198 Å². The van der Waals surface area contributed by atoms with E-state index in [2.05, 4.69) is 10.3 Å². The lowest BCUT2D eigenvalue weighted by atomic mass is 10.2. The number of morpholine rings is 1. The number of sulfonamides is 1. The van der Waals surface area contributed by atoms with E-state index in [1.165, 1.54) is 22.1 Å². The SMILES string of the molecule is Cc1ccc(NC(=O)CSc2nccn2Cc2ccccc2)cc1S(=O)(=O)N1CCOCC1. The number of anilines is 1. The highest BCUT2D eigenvalue weighted by Gasteiger charge is 2.28. The van der Waals surface area contributed by atoms with Crippen LogP contribution in [0.4, 0.5) is 5.69 Å². The van der Waals surface area contributed by atoms with Gasteiger partial charge in [-0.3, -0.25) is 4.79 Å². The molecule has 8 nitrogen and oxygen atoms in total. The van der Waals surface area contributed by atoms with E-state index in [1.54, 1.807) is 25.3 Å². The number of imidazole rings is 1. The normalized spacial score (nSPS) is 14.8. The number of hydrogen-bond acceptors (Lipinski definition) is 6. The Morgan fingerprint density at radius 1 is 1.15 bits per heavy atom. The molecule has 2 aromatic carbocycles. The van der Waals surface area contributed by atoms with Gasteiger partial charge in [0.05, 0.1) is 23.9 Å². The van der Waals surface area contributed by atoms with E-state index in [-0.39, 0.29) is 16.6 Å². The number of carbonyl (C=O) groups excluding carboxylic acids is 1. The number of aryl methyl sites for hydroxylation is 1. The van der Waals surface area contributed by atoms with Crippen molar-refractivity contribution in [2.24, 2.45) is 0 Å². The number of carbonyl (C=O) groups is 1. The van der Waals surface area contributed by atoms with E-state index in [0.29, 0.717) is 44.1 Å². The number of thioether (sulfide) groups is 1. The summed E-state index contributed by atoms with van der Waals surface area (Å²) in [5.74, 6) is -0.0709. The highest BCUT2D eigenvalue weighted by atomic mass is 32.2. The maximum Gasteiger partial charge on any atom is 0.243 e. The minimum atomic E-state index is -3.65. The minimum Gasteiger partial charge on any atom is -0.379 e. The van der Waals surface area contributed by atoms with Crippen molar-refractivity contribution >= 4 is 33.4 Å². The highest BCUT2D eigenvalue weighted by molar-refractivity contribution is 7.99. The Hall–Kier alpha value is -2.66. The molecule has 3 aromatic rings. The number of benzene rings is 2. The van der Waals surface area contributed by atoms with Crippen molar-refractivity contribution in [3.05, 3.63) is 72.1 Å². The van der Waals surface area contributed by atoms with Gasteiger partial charge in [0.15, 0.2) is 5.16 Å². The fraction of sp³-hybridized carbons (Fsp3) is 0.304. The second kappa shape index (κ2) is 10.5. The molecule has 0 aliphatic carbocycles. The van der Waals surface area contributed by atoms with Crippen LogP contribution in [0.15, 0.2) is 71.0 Å². The molecule has 2 heterocycles. The Bertz CT molecular complexity index is 1210. The van der Waals surface area contributed by atoms with Gasteiger partial charge in [-0.05, 0) is 30.2 Å². The molecule has 174 valence electrons.